The van der Waals surface area contributed by atoms with Gasteiger partial charge in [0.1, 0.15) is 5.75 Å². The maximum absolute atomic E-state index is 9.92. The molecule has 1 aromatic rings. The second kappa shape index (κ2) is 8.79. The molecule has 0 saturated heterocycles. The van der Waals surface area contributed by atoms with Crippen LogP contribution < -0.4 is 0 Å². The van der Waals surface area contributed by atoms with Crippen LogP contribution in [-0.4, -0.2) is 5.11 Å². The van der Waals surface area contributed by atoms with Gasteiger partial charge < -0.3 is 5.11 Å². The van der Waals surface area contributed by atoms with Crippen LogP contribution in [0, 0.1) is 0 Å². The Bertz CT molecular complexity index is 366. The van der Waals surface area contributed by atoms with Gasteiger partial charge in [0, 0.05) is 0 Å². The molecular formula is C17H26O. The van der Waals surface area contributed by atoms with Crippen LogP contribution in [0.15, 0.2) is 24.3 Å². The quantitative estimate of drug-likeness (QED) is 0.615. The van der Waals surface area contributed by atoms with Gasteiger partial charge in [-0.1, -0.05) is 63.3 Å². The lowest BCUT2D eigenvalue weighted by molar-refractivity contribution is 0.466. The highest BCUT2D eigenvalue weighted by molar-refractivity contribution is 5.53. The summed E-state index contributed by atoms with van der Waals surface area (Å²) in [5, 5.41) is 9.92. The number of unbranched alkanes of at least 4 members (excludes halogenated alkanes) is 5. The van der Waals surface area contributed by atoms with E-state index in [0.29, 0.717) is 5.75 Å². The molecule has 0 aliphatic carbocycles. The highest BCUT2D eigenvalue weighted by Crippen LogP contribution is 2.22. The van der Waals surface area contributed by atoms with Crippen LogP contribution in [0.5, 0.6) is 5.75 Å². The summed E-state index contributed by atoms with van der Waals surface area (Å²) in [6, 6.07) is 5.98. The fourth-order valence-electron chi connectivity index (χ4n) is 2.18. The fourth-order valence-corrected chi connectivity index (χ4v) is 2.18. The standard InChI is InChI=1S/C17H26O/c1-3-5-6-7-8-9-11-16-13-12-15(10-4-2)14-17(16)18/h4,10,12-14,18H,3,5-9,11H2,1-2H3/b10-4+. The molecule has 0 saturated carbocycles. The zero-order chi connectivity index (χ0) is 13.2. The molecule has 1 N–H and O–H groups in total. The van der Waals surface area contributed by atoms with E-state index >= 15 is 0 Å². The molecule has 0 radical (unpaired) electrons. The van der Waals surface area contributed by atoms with Gasteiger partial charge in [-0.2, -0.15) is 0 Å². The van der Waals surface area contributed by atoms with E-state index in [1.807, 2.05) is 25.1 Å². The van der Waals surface area contributed by atoms with E-state index < -0.39 is 0 Å². The monoisotopic (exact) mass is 246 g/mol. The third kappa shape index (κ3) is 5.39. The number of benzene rings is 1. The van der Waals surface area contributed by atoms with Gasteiger partial charge >= 0.3 is 0 Å². The van der Waals surface area contributed by atoms with Gasteiger partial charge in [-0.25, -0.2) is 0 Å². The van der Waals surface area contributed by atoms with E-state index in [1.54, 1.807) is 0 Å². The number of hydrogen-bond donors (Lipinski definition) is 1. The average molecular weight is 246 g/mol. The molecule has 0 aliphatic rings. The van der Waals surface area contributed by atoms with Crippen molar-refractivity contribution in [2.75, 3.05) is 0 Å². The van der Waals surface area contributed by atoms with Crippen LogP contribution in [0.25, 0.3) is 6.08 Å². The Morgan fingerprint density at radius 3 is 2.44 bits per heavy atom. The predicted molar refractivity (Wildman–Crippen MR) is 79.9 cm³/mol. The van der Waals surface area contributed by atoms with Crippen molar-refractivity contribution in [1.82, 2.24) is 0 Å². The molecule has 0 unspecified atom stereocenters. The molecule has 0 heterocycles. The Labute approximate surface area is 112 Å². The maximum atomic E-state index is 9.92. The molecule has 1 rings (SSSR count). The van der Waals surface area contributed by atoms with Crippen LogP contribution >= 0.6 is 0 Å². The van der Waals surface area contributed by atoms with Gasteiger partial charge in [-0.05, 0) is 37.0 Å². The topological polar surface area (TPSA) is 20.2 Å². The van der Waals surface area contributed by atoms with E-state index in [0.717, 1.165) is 17.5 Å². The second-order valence-electron chi connectivity index (χ2n) is 4.91. The SMILES string of the molecule is C/C=C/c1ccc(CCCCCCCC)c(O)c1. The van der Waals surface area contributed by atoms with Crippen molar-refractivity contribution in [2.24, 2.45) is 0 Å². The molecule has 1 heteroatoms. The first-order chi connectivity index (χ1) is 8.77. The molecule has 0 aliphatic heterocycles. The Hall–Kier alpha value is -1.24. The summed E-state index contributed by atoms with van der Waals surface area (Å²) in [6.45, 7) is 4.23. The lowest BCUT2D eigenvalue weighted by Crippen LogP contribution is -1.88. The van der Waals surface area contributed by atoms with Crippen LogP contribution in [-0.2, 0) is 6.42 Å². The van der Waals surface area contributed by atoms with Crippen LogP contribution in [0.2, 0.25) is 0 Å². The summed E-state index contributed by atoms with van der Waals surface area (Å²) >= 11 is 0. The maximum Gasteiger partial charge on any atom is 0.119 e. The number of allylic oxidation sites excluding steroid dienone is 1. The van der Waals surface area contributed by atoms with E-state index in [-0.39, 0.29) is 0 Å². The van der Waals surface area contributed by atoms with Crippen molar-refractivity contribution in [3.8, 4) is 5.75 Å². The number of aryl methyl sites for hydroxylation is 1. The van der Waals surface area contributed by atoms with Crippen molar-refractivity contribution in [3.63, 3.8) is 0 Å². The van der Waals surface area contributed by atoms with Crippen molar-refractivity contribution in [3.05, 3.63) is 35.4 Å². The molecule has 0 spiro atoms. The highest BCUT2D eigenvalue weighted by Gasteiger charge is 2.01. The average Bonchev–Trinajstić information content (AvgIpc) is 2.36. The first kappa shape index (κ1) is 14.8. The van der Waals surface area contributed by atoms with Gasteiger partial charge in [0.05, 0.1) is 0 Å². The van der Waals surface area contributed by atoms with Gasteiger partial charge in [0.2, 0.25) is 0 Å². The molecule has 0 fully saturated rings. The fraction of sp³-hybridized carbons (Fsp3) is 0.529. The summed E-state index contributed by atoms with van der Waals surface area (Å²) in [5.74, 6) is 0.444. The van der Waals surface area contributed by atoms with E-state index in [4.69, 9.17) is 0 Å². The molecule has 18 heavy (non-hydrogen) atoms. The first-order valence-corrected chi connectivity index (χ1v) is 7.22. The molecule has 0 aromatic heterocycles. The third-order valence-corrected chi connectivity index (χ3v) is 3.27. The second-order valence-corrected chi connectivity index (χ2v) is 4.91. The van der Waals surface area contributed by atoms with Crippen LogP contribution in [0.4, 0.5) is 0 Å². The molecule has 0 atom stereocenters. The third-order valence-electron chi connectivity index (χ3n) is 3.27. The van der Waals surface area contributed by atoms with Crippen LogP contribution in [0.1, 0.15) is 63.5 Å². The molecule has 1 nitrogen and oxygen atoms in total. The largest absolute Gasteiger partial charge is 0.508 e. The van der Waals surface area contributed by atoms with Gasteiger partial charge in [0.25, 0.3) is 0 Å². The predicted octanol–water partition coefficient (Wildman–Crippen LogP) is 5.33. The van der Waals surface area contributed by atoms with Crippen LogP contribution in [0.3, 0.4) is 0 Å². The minimum atomic E-state index is 0.444. The summed E-state index contributed by atoms with van der Waals surface area (Å²) in [4.78, 5) is 0. The van der Waals surface area contributed by atoms with Gasteiger partial charge in [0.15, 0.2) is 0 Å². The Balaban J connectivity index is 2.34. The molecular weight excluding hydrogens is 220 g/mol. The van der Waals surface area contributed by atoms with Crippen molar-refractivity contribution in [1.29, 1.82) is 0 Å². The summed E-state index contributed by atoms with van der Waals surface area (Å²) < 4.78 is 0. The highest BCUT2D eigenvalue weighted by atomic mass is 16.3. The summed E-state index contributed by atoms with van der Waals surface area (Å²) in [7, 11) is 0. The zero-order valence-corrected chi connectivity index (χ0v) is 11.8. The number of phenols is 1. The van der Waals surface area contributed by atoms with E-state index in [2.05, 4.69) is 19.1 Å². The number of aromatic hydroxyl groups is 1. The van der Waals surface area contributed by atoms with E-state index in [9.17, 15) is 5.11 Å². The molecule has 100 valence electrons. The Morgan fingerprint density at radius 1 is 1.06 bits per heavy atom. The molecule has 0 bridgehead atoms. The smallest absolute Gasteiger partial charge is 0.119 e. The number of rotatable bonds is 8. The summed E-state index contributed by atoms with van der Waals surface area (Å²) in [6.07, 6.45) is 12.8. The van der Waals surface area contributed by atoms with Crippen molar-refractivity contribution < 1.29 is 5.11 Å². The van der Waals surface area contributed by atoms with Crippen molar-refractivity contribution >= 4 is 6.08 Å². The first-order valence-electron chi connectivity index (χ1n) is 7.22. The normalized spacial score (nSPS) is 11.2. The minimum Gasteiger partial charge on any atom is -0.508 e. The lowest BCUT2D eigenvalue weighted by atomic mass is 10.0. The van der Waals surface area contributed by atoms with Gasteiger partial charge in [-0.15, -0.1) is 0 Å². The molecule has 0 amide bonds. The number of phenolic OH excluding ortho intramolecular Hbond substituents is 1. The lowest BCUT2D eigenvalue weighted by Gasteiger charge is -2.06. The zero-order valence-electron chi connectivity index (χ0n) is 11.8. The van der Waals surface area contributed by atoms with Gasteiger partial charge in [-0.3, -0.25) is 0 Å². The summed E-state index contributed by atoms with van der Waals surface area (Å²) in [5.41, 5.74) is 2.15. The van der Waals surface area contributed by atoms with E-state index in [1.165, 1.54) is 38.5 Å². The van der Waals surface area contributed by atoms with Crippen molar-refractivity contribution in [2.45, 2.75) is 58.8 Å². The Morgan fingerprint density at radius 2 is 1.78 bits per heavy atom. The Kier molecular flexibility index (Phi) is 7.24. The minimum absolute atomic E-state index is 0.444. The number of hydrogen-bond acceptors (Lipinski definition) is 1. The molecule has 1 aromatic carbocycles.